The van der Waals surface area contributed by atoms with Crippen molar-refractivity contribution >= 4 is 33.1 Å². The average molecular weight is 418 g/mol. The summed E-state index contributed by atoms with van der Waals surface area (Å²) in [5.74, 6) is 1.13. The number of benzene rings is 3. The van der Waals surface area contributed by atoms with Crippen LogP contribution in [0.3, 0.4) is 0 Å². The van der Waals surface area contributed by atoms with Gasteiger partial charge in [0.2, 0.25) is 5.13 Å². The Morgan fingerprint density at radius 1 is 1.03 bits per heavy atom. The minimum Gasteiger partial charge on any atom is -0.486 e. The van der Waals surface area contributed by atoms with Gasteiger partial charge in [-0.05, 0) is 46.9 Å². The molecule has 0 bridgehead atoms. The van der Waals surface area contributed by atoms with Gasteiger partial charge in [-0.15, -0.1) is 10.2 Å². The summed E-state index contributed by atoms with van der Waals surface area (Å²) in [6.45, 7) is 4.71. The molecular weight excluding hydrogens is 394 g/mol. The van der Waals surface area contributed by atoms with Crippen molar-refractivity contribution in [3.05, 3.63) is 82.9 Å². The highest BCUT2D eigenvalue weighted by atomic mass is 32.1. The zero-order valence-corrected chi connectivity index (χ0v) is 17.8. The minimum absolute atomic E-state index is 0.198. The molecule has 4 aromatic rings. The summed E-state index contributed by atoms with van der Waals surface area (Å²) >= 11 is 1.31. The van der Waals surface area contributed by atoms with Gasteiger partial charge < -0.3 is 4.74 Å². The summed E-state index contributed by atoms with van der Waals surface area (Å²) < 4.78 is 5.82. The molecule has 6 heteroatoms. The lowest BCUT2D eigenvalue weighted by Crippen LogP contribution is -2.12. The second-order valence-electron chi connectivity index (χ2n) is 7.15. The Morgan fingerprint density at radius 3 is 2.60 bits per heavy atom. The maximum atomic E-state index is 12.7. The number of nitrogens with zero attached hydrogens (tertiary/aromatic N) is 2. The first-order valence-electron chi connectivity index (χ1n) is 9.98. The Morgan fingerprint density at radius 2 is 1.80 bits per heavy atom. The van der Waals surface area contributed by atoms with E-state index in [1.807, 2.05) is 54.6 Å². The van der Waals surface area contributed by atoms with Crippen molar-refractivity contribution in [2.45, 2.75) is 32.8 Å². The molecule has 1 heterocycles. The van der Waals surface area contributed by atoms with E-state index in [1.165, 1.54) is 16.9 Å². The predicted molar refractivity (Wildman–Crippen MR) is 121 cm³/mol. The van der Waals surface area contributed by atoms with Crippen LogP contribution >= 0.6 is 11.3 Å². The van der Waals surface area contributed by atoms with Crippen LogP contribution in [0.5, 0.6) is 5.75 Å². The number of hydrogen-bond donors (Lipinski definition) is 1. The monoisotopic (exact) mass is 417 g/mol. The first-order chi connectivity index (χ1) is 14.6. The van der Waals surface area contributed by atoms with Gasteiger partial charge >= 0.3 is 0 Å². The Bertz CT molecular complexity index is 1150. The van der Waals surface area contributed by atoms with Crippen molar-refractivity contribution in [3.8, 4) is 5.75 Å². The van der Waals surface area contributed by atoms with Crippen LogP contribution in [0.25, 0.3) is 10.8 Å². The highest BCUT2D eigenvalue weighted by molar-refractivity contribution is 7.15. The molecular formula is C24H23N3O2S. The number of amides is 1. The van der Waals surface area contributed by atoms with Crippen molar-refractivity contribution in [2.75, 3.05) is 5.32 Å². The van der Waals surface area contributed by atoms with E-state index < -0.39 is 0 Å². The normalized spacial score (nSPS) is 11.9. The van der Waals surface area contributed by atoms with Crippen LogP contribution in [-0.2, 0) is 6.61 Å². The molecule has 1 aromatic heterocycles. The van der Waals surface area contributed by atoms with Crippen LogP contribution in [-0.4, -0.2) is 16.1 Å². The average Bonchev–Trinajstić information content (AvgIpc) is 3.24. The Hall–Kier alpha value is -3.25. The molecule has 0 fully saturated rings. The van der Waals surface area contributed by atoms with Crippen molar-refractivity contribution in [3.63, 3.8) is 0 Å². The number of carbonyl (C=O) groups excluding carboxylic acids is 1. The molecule has 1 amide bonds. The molecule has 4 rings (SSSR count). The van der Waals surface area contributed by atoms with Gasteiger partial charge in [0.05, 0.1) is 0 Å². The van der Waals surface area contributed by atoms with Crippen LogP contribution in [0, 0.1) is 0 Å². The predicted octanol–water partition coefficient (Wildman–Crippen LogP) is 6.04. The van der Waals surface area contributed by atoms with E-state index >= 15 is 0 Å². The SMILES string of the molecule is CC[C@@H](C)c1ccc(OCc2nnc(NC(=O)c3cccc4ccccc34)s2)cc1. The minimum atomic E-state index is -0.198. The summed E-state index contributed by atoms with van der Waals surface area (Å²) in [7, 11) is 0. The first kappa shape index (κ1) is 20.0. The smallest absolute Gasteiger partial charge is 0.258 e. The number of hydrogen-bond acceptors (Lipinski definition) is 5. The van der Waals surface area contributed by atoms with Gasteiger partial charge in [0, 0.05) is 5.56 Å². The Kier molecular flexibility index (Phi) is 6.05. The molecule has 0 spiro atoms. The van der Waals surface area contributed by atoms with Crippen molar-refractivity contribution in [2.24, 2.45) is 0 Å². The first-order valence-corrected chi connectivity index (χ1v) is 10.8. The van der Waals surface area contributed by atoms with Crippen LogP contribution < -0.4 is 10.1 Å². The lowest BCUT2D eigenvalue weighted by atomic mass is 9.99. The highest BCUT2D eigenvalue weighted by Gasteiger charge is 2.13. The molecule has 5 nitrogen and oxygen atoms in total. The number of aromatic nitrogens is 2. The second kappa shape index (κ2) is 9.05. The van der Waals surface area contributed by atoms with E-state index in [9.17, 15) is 4.79 Å². The number of nitrogens with one attached hydrogen (secondary N) is 1. The van der Waals surface area contributed by atoms with Crippen LogP contribution in [0.1, 0.15) is 47.1 Å². The van der Waals surface area contributed by atoms with Gasteiger partial charge in [-0.25, -0.2) is 0 Å². The molecule has 0 unspecified atom stereocenters. The Labute approximate surface area is 179 Å². The zero-order valence-electron chi connectivity index (χ0n) is 17.0. The summed E-state index contributed by atoms with van der Waals surface area (Å²) in [5, 5.41) is 14.1. The molecule has 3 aromatic carbocycles. The standard InChI is InChI=1S/C24H23N3O2S/c1-3-16(2)17-11-13-19(14-12-17)29-15-22-26-27-24(30-22)25-23(28)21-10-6-8-18-7-4-5-9-20(18)21/h4-14,16H,3,15H2,1-2H3,(H,25,27,28)/t16-/m1/s1. The fourth-order valence-electron chi connectivity index (χ4n) is 3.22. The quantitative estimate of drug-likeness (QED) is 0.398. The van der Waals surface area contributed by atoms with Gasteiger partial charge in [-0.1, -0.05) is 73.7 Å². The van der Waals surface area contributed by atoms with Gasteiger partial charge in [0.15, 0.2) is 5.01 Å². The molecule has 0 radical (unpaired) electrons. The molecule has 152 valence electrons. The summed E-state index contributed by atoms with van der Waals surface area (Å²) in [5.41, 5.74) is 1.92. The lowest BCUT2D eigenvalue weighted by Gasteiger charge is -2.10. The van der Waals surface area contributed by atoms with Crippen molar-refractivity contribution in [1.82, 2.24) is 10.2 Å². The second-order valence-corrected chi connectivity index (χ2v) is 8.21. The van der Waals surface area contributed by atoms with Gasteiger partial charge in [0.1, 0.15) is 12.4 Å². The zero-order chi connectivity index (χ0) is 20.9. The fourth-order valence-corrected chi connectivity index (χ4v) is 3.87. The van der Waals surface area contributed by atoms with E-state index in [2.05, 4.69) is 41.5 Å². The van der Waals surface area contributed by atoms with Crippen molar-refractivity contribution < 1.29 is 9.53 Å². The lowest BCUT2D eigenvalue weighted by molar-refractivity contribution is 0.102. The number of rotatable bonds is 7. The molecule has 0 aliphatic carbocycles. The van der Waals surface area contributed by atoms with Gasteiger partial charge in [-0.3, -0.25) is 10.1 Å². The number of ether oxygens (including phenoxy) is 1. The number of anilines is 1. The summed E-state index contributed by atoms with van der Waals surface area (Å²) in [6.07, 6.45) is 1.11. The van der Waals surface area contributed by atoms with Gasteiger partial charge in [-0.2, -0.15) is 0 Å². The topological polar surface area (TPSA) is 64.1 Å². The largest absolute Gasteiger partial charge is 0.486 e. The van der Waals surface area contributed by atoms with E-state index in [1.54, 1.807) is 0 Å². The third kappa shape index (κ3) is 4.49. The molecule has 1 atom stereocenters. The van der Waals surface area contributed by atoms with Crippen LogP contribution in [0.2, 0.25) is 0 Å². The number of carbonyl (C=O) groups is 1. The van der Waals surface area contributed by atoms with E-state index in [4.69, 9.17) is 4.74 Å². The maximum Gasteiger partial charge on any atom is 0.258 e. The van der Waals surface area contributed by atoms with E-state index in [-0.39, 0.29) is 5.91 Å². The Balaban J connectivity index is 1.39. The molecule has 0 saturated heterocycles. The molecule has 1 N–H and O–H groups in total. The molecule has 30 heavy (non-hydrogen) atoms. The van der Waals surface area contributed by atoms with E-state index in [0.717, 1.165) is 22.9 Å². The van der Waals surface area contributed by atoms with E-state index in [0.29, 0.717) is 28.2 Å². The van der Waals surface area contributed by atoms with Gasteiger partial charge in [0.25, 0.3) is 5.91 Å². The summed E-state index contributed by atoms with van der Waals surface area (Å²) in [6, 6.07) is 21.6. The summed E-state index contributed by atoms with van der Waals surface area (Å²) in [4.78, 5) is 12.7. The third-order valence-electron chi connectivity index (χ3n) is 5.15. The van der Waals surface area contributed by atoms with Crippen LogP contribution in [0.15, 0.2) is 66.7 Å². The third-order valence-corrected chi connectivity index (χ3v) is 5.96. The van der Waals surface area contributed by atoms with Crippen molar-refractivity contribution in [1.29, 1.82) is 0 Å². The maximum absolute atomic E-state index is 12.7. The highest BCUT2D eigenvalue weighted by Crippen LogP contribution is 2.24. The fraction of sp³-hybridized carbons (Fsp3) is 0.208. The molecule has 0 saturated carbocycles. The molecule has 0 aliphatic rings. The van der Waals surface area contributed by atoms with Crippen LogP contribution in [0.4, 0.5) is 5.13 Å². The molecule has 0 aliphatic heterocycles. The number of fused-ring (bicyclic) bond motifs is 1.